The monoisotopic (exact) mass is 422 g/mol. The number of oxazole rings is 1. The highest BCUT2D eigenvalue weighted by atomic mass is 79.9. The summed E-state index contributed by atoms with van der Waals surface area (Å²) in [5.74, 6) is 0.127. The minimum Gasteiger partial charge on any atom is -0.507 e. The Morgan fingerprint density at radius 3 is 2.70 bits per heavy atom. The van der Waals surface area contributed by atoms with Crippen molar-refractivity contribution in [2.24, 2.45) is 0 Å². The molecule has 0 saturated carbocycles. The zero-order valence-electron chi connectivity index (χ0n) is 14.4. The van der Waals surface area contributed by atoms with E-state index in [2.05, 4.69) is 26.2 Å². The van der Waals surface area contributed by atoms with Crippen molar-refractivity contribution in [3.63, 3.8) is 0 Å². The van der Waals surface area contributed by atoms with Crippen LogP contribution in [0.15, 0.2) is 69.6 Å². The Morgan fingerprint density at radius 2 is 1.93 bits per heavy atom. The number of para-hydroxylation sites is 2. The molecule has 0 unspecified atom stereocenters. The molecule has 134 valence electrons. The number of fused-ring (bicyclic) bond motifs is 1. The molecule has 6 heteroatoms. The SMILES string of the molecule is Cc1cc(NC(=O)c2cccc(Br)c2)cc(-c2nc3ccccc3o2)c1O. The number of aromatic nitrogens is 1. The van der Waals surface area contributed by atoms with Crippen LogP contribution in [0.4, 0.5) is 5.69 Å². The summed E-state index contributed by atoms with van der Waals surface area (Å²) in [6.07, 6.45) is 0. The van der Waals surface area contributed by atoms with Crippen molar-refractivity contribution in [3.05, 3.63) is 76.3 Å². The molecule has 0 saturated heterocycles. The van der Waals surface area contributed by atoms with E-state index < -0.39 is 0 Å². The molecule has 5 nitrogen and oxygen atoms in total. The Bertz CT molecular complexity index is 1130. The summed E-state index contributed by atoms with van der Waals surface area (Å²) in [4.78, 5) is 16.9. The number of phenols is 1. The number of hydrogen-bond acceptors (Lipinski definition) is 4. The third-order valence-corrected chi connectivity index (χ3v) is 4.66. The summed E-state index contributed by atoms with van der Waals surface area (Å²) in [6.45, 7) is 1.76. The highest BCUT2D eigenvalue weighted by Gasteiger charge is 2.16. The Labute approximate surface area is 163 Å². The molecular formula is C21H15BrN2O3. The highest BCUT2D eigenvalue weighted by molar-refractivity contribution is 9.10. The minimum absolute atomic E-state index is 0.0713. The average molecular weight is 423 g/mol. The predicted octanol–water partition coefficient (Wildman–Crippen LogP) is 5.52. The van der Waals surface area contributed by atoms with Gasteiger partial charge in [0, 0.05) is 15.7 Å². The third-order valence-electron chi connectivity index (χ3n) is 4.17. The van der Waals surface area contributed by atoms with Gasteiger partial charge in [0.15, 0.2) is 5.58 Å². The molecule has 4 aromatic rings. The van der Waals surface area contributed by atoms with Crippen molar-refractivity contribution in [3.8, 4) is 17.2 Å². The van der Waals surface area contributed by atoms with Crippen LogP contribution in [0.25, 0.3) is 22.6 Å². The number of aromatic hydroxyl groups is 1. The Kier molecular flexibility index (Phi) is 4.41. The van der Waals surface area contributed by atoms with E-state index in [-0.39, 0.29) is 11.7 Å². The van der Waals surface area contributed by atoms with Gasteiger partial charge in [0.05, 0.1) is 5.56 Å². The molecule has 1 heterocycles. The Morgan fingerprint density at radius 1 is 1.11 bits per heavy atom. The largest absolute Gasteiger partial charge is 0.507 e. The average Bonchev–Trinajstić information content (AvgIpc) is 3.08. The normalized spacial score (nSPS) is 10.9. The van der Waals surface area contributed by atoms with Crippen LogP contribution in [-0.2, 0) is 0 Å². The van der Waals surface area contributed by atoms with Gasteiger partial charge in [-0.2, -0.15) is 0 Å². The molecule has 0 atom stereocenters. The summed E-state index contributed by atoms with van der Waals surface area (Å²) in [6, 6.07) is 17.9. The summed E-state index contributed by atoms with van der Waals surface area (Å²) < 4.78 is 6.58. The highest BCUT2D eigenvalue weighted by Crippen LogP contribution is 2.36. The topological polar surface area (TPSA) is 75.4 Å². The molecule has 3 aromatic carbocycles. The molecule has 0 spiro atoms. The van der Waals surface area contributed by atoms with E-state index in [4.69, 9.17) is 4.42 Å². The van der Waals surface area contributed by atoms with Crippen molar-refractivity contribution < 1.29 is 14.3 Å². The molecular weight excluding hydrogens is 408 g/mol. The first kappa shape index (κ1) is 17.3. The quantitative estimate of drug-likeness (QED) is 0.426. The number of halogens is 1. The number of carbonyl (C=O) groups is 1. The number of amides is 1. The first-order valence-corrected chi connectivity index (χ1v) is 9.07. The van der Waals surface area contributed by atoms with Crippen LogP contribution in [0.1, 0.15) is 15.9 Å². The molecule has 0 radical (unpaired) electrons. The van der Waals surface area contributed by atoms with Gasteiger partial charge in [0.1, 0.15) is 11.3 Å². The van der Waals surface area contributed by atoms with E-state index in [0.717, 1.165) is 4.47 Å². The number of aryl methyl sites for hydroxylation is 1. The second-order valence-corrected chi connectivity index (χ2v) is 7.06. The maximum Gasteiger partial charge on any atom is 0.255 e. The Hall–Kier alpha value is -3.12. The number of carbonyl (C=O) groups excluding carboxylic acids is 1. The van der Waals surface area contributed by atoms with Crippen LogP contribution in [-0.4, -0.2) is 16.0 Å². The fourth-order valence-corrected chi connectivity index (χ4v) is 3.23. The van der Waals surface area contributed by atoms with Gasteiger partial charge in [-0.15, -0.1) is 0 Å². The molecule has 1 aromatic heterocycles. The molecule has 0 aliphatic heterocycles. The molecule has 27 heavy (non-hydrogen) atoms. The molecule has 4 rings (SSSR count). The van der Waals surface area contributed by atoms with E-state index >= 15 is 0 Å². The van der Waals surface area contributed by atoms with Crippen LogP contribution in [0.2, 0.25) is 0 Å². The summed E-state index contributed by atoms with van der Waals surface area (Å²) >= 11 is 3.36. The maximum atomic E-state index is 12.5. The molecule has 0 fully saturated rings. The van der Waals surface area contributed by atoms with Gasteiger partial charge in [-0.1, -0.05) is 34.1 Å². The fourth-order valence-electron chi connectivity index (χ4n) is 2.84. The molecule has 0 aliphatic rings. The number of anilines is 1. The zero-order chi connectivity index (χ0) is 19.0. The fraction of sp³-hybridized carbons (Fsp3) is 0.0476. The van der Waals surface area contributed by atoms with Crippen molar-refractivity contribution in [1.29, 1.82) is 0 Å². The van der Waals surface area contributed by atoms with Crippen LogP contribution in [0, 0.1) is 6.92 Å². The summed E-state index contributed by atoms with van der Waals surface area (Å²) in [7, 11) is 0. The number of nitrogens with one attached hydrogen (secondary N) is 1. The van der Waals surface area contributed by atoms with Crippen LogP contribution < -0.4 is 5.32 Å². The molecule has 1 amide bonds. The van der Waals surface area contributed by atoms with E-state index in [9.17, 15) is 9.90 Å². The maximum absolute atomic E-state index is 12.5. The van der Waals surface area contributed by atoms with Gasteiger partial charge in [0.25, 0.3) is 5.91 Å². The molecule has 0 bridgehead atoms. The van der Waals surface area contributed by atoms with E-state index in [1.165, 1.54) is 0 Å². The van der Waals surface area contributed by atoms with Gasteiger partial charge in [-0.3, -0.25) is 4.79 Å². The second-order valence-electron chi connectivity index (χ2n) is 6.14. The van der Waals surface area contributed by atoms with Crippen molar-refractivity contribution in [2.45, 2.75) is 6.92 Å². The van der Waals surface area contributed by atoms with Crippen LogP contribution >= 0.6 is 15.9 Å². The first-order chi connectivity index (χ1) is 13.0. The second kappa shape index (κ2) is 6.89. The van der Waals surface area contributed by atoms with Crippen molar-refractivity contribution >= 4 is 38.6 Å². The summed E-state index contributed by atoms with van der Waals surface area (Å²) in [5.41, 5.74) is 3.45. The van der Waals surface area contributed by atoms with Gasteiger partial charge < -0.3 is 14.8 Å². The number of hydrogen-bond donors (Lipinski definition) is 2. The lowest BCUT2D eigenvalue weighted by molar-refractivity contribution is 0.102. The molecule has 0 aliphatic carbocycles. The van der Waals surface area contributed by atoms with E-state index in [1.54, 1.807) is 37.3 Å². The zero-order valence-corrected chi connectivity index (χ0v) is 15.9. The summed E-state index contributed by atoms with van der Waals surface area (Å²) in [5, 5.41) is 13.3. The number of phenolic OH excluding ortho intramolecular Hbond substituents is 1. The molecule has 2 N–H and O–H groups in total. The lowest BCUT2D eigenvalue weighted by Crippen LogP contribution is -2.12. The van der Waals surface area contributed by atoms with Gasteiger partial charge >= 0.3 is 0 Å². The van der Waals surface area contributed by atoms with E-state index in [0.29, 0.717) is 39.4 Å². The van der Waals surface area contributed by atoms with E-state index in [1.807, 2.05) is 30.3 Å². The van der Waals surface area contributed by atoms with Gasteiger partial charge in [0.2, 0.25) is 5.89 Å². The number of benzene rings is 3. The van der Waals surface area contributed by atoms with Crippen LogP contribution in [0.5, 0.6) is 5.75 Å². The Balaban J connectivity index is 1.72. The standard InChI is InChI=1S/C21H15BrN2O3/c1-12-9-15(23-20(26)13-5-4-6-14(22)10-13)11-16(19(12)25)21-24-17-7-2-3-8-18(17)27-21/h2-11,25H,1H3,(H,23,26). The van der Waals surface area contributed by atoms with Gasteiger partial charge in [-0.25, -0.2) is 4.98 Å². The number of rotatable bonds is 3. The number of nitrogens with zero attached hydrogens (tertiary/aromatic N) is 1. The third kappa shape index (κ3) is 3.44. The van der Waals surface area contributed by atoms with Crippen molar-refractivity contribution in [1.82, 2.24) is 4.98 Å². The lowest BCUT2D eigenvalue weighted by Gasteiger charge is -2.10. The van der Waals surface area contributed by atoms with Crippen LogP contribution in [0.3, 0.4) is 0 Å². The lowest BCUT2D eigenvalue weighted by atomic mass is 10.1. The predicted molar refractivity (Wildman–Crippen MR) is 108 cm³/mol. The minimum atomic E-state index is -0.245. The van der Waals surface area contributed by atoms with Crippen molar-refractivity contribution in [2.75, 3.05) is 5.32 Å². The first-order valence-electron chi connectivity index (χ1n) is 8.28. The smallest absolute Gasteiger partial charge is 0.255 e. The van der Waals surface area contributed by atoms with Gasteiger partial charge in [-0.05, 0) is 55.0 Å².